The summed E-state index contributed by atoms with van der Waals surface area (Å²) in [6.45, 7) is 9.00. The Labute approximate surface area is 123 Å². The van der Waals surface area contributed by atoms with Gasteiger partial charge in [-0.1, -0.05) is 58.7 Å². The highest BCUT2D eigenvalue weighted by Gasteiger charge is 2.16. The van der Waals surface area contributed by atoms with Crippen LogP contribution in [-0.4, -0.2) is 5.16 Å². The van der Waals surface area contributed by atoms with Crippen LogP contribution in [0.4, 0.5) is 5.69 Å². The molecule has 0 spiro atoms. The molecule has 0 saturated heterocycles. The lowest BCUT2D eigenvalue weighted by molar-refractivity contribution is 0.650. The molecule has 2 heteroatoms. The fourth-order valence-corrected chi connectivity index (χ4v) is 2.82. The Morgan fingerprint density at radius 1 is 1.05 bits per heavy atom. The second-order valence-corrected chi connectivity index (χ2v) is 5.55. The van der Waals surface area contributed by atoms with Gasteiger partial charge in [-0.25, -0.2) is 0 Å². The molecule has 1 aromatic rings. The first-order valence-electron chi connectivity index (χ1n) is 7.36. The summed E-state index contributed by atoms with van der Waals surface area (Å²) < 4.78 is 0. The zero-order valence-corrected chi connectivity index (χ0v) is 13.4. The Morgan fingerprint density at radius 2 is 1.53 bits per heavy atom. The van der Waals surface area contributed by atoms with Crippen LogP contribution in [0, 0.1) is 0 Å². The molecular weight excluding hydrogens is 250 g/mol. The van der Waals surface area contributed by atoms with Gasteiger partial charge in [0.15, 0.2) is 0 Å². The highest BCUT2D eigenvalue weighted by Crippen LogP contribution is 2.37. The molecule has 0 heterocycles. The first kappa shape index (κ1) is 16.1. The van der Waals surface area contributed by atoms with Gasteiger partial charge in [0.1, 0.15) is 0 Å². The van der Waals surface area contributed by atoms with E-state index >= 15 is 0 Å². The van der Waals surface area contributed by atoms with Gasteiger partial charge in [0, 0.05) is 0 Å². The fraction of sp³-hybridized carbons (Fsp3) is 0.588. The quantitative estimate of drug-likeness (QED) is 0.424. The molecule has 19 heavy (non-hydrogen) atoms. The lowest BCUT2D eigenvalue weighted by Gasteiger charge is -2.19. The Balaban J connectivity index is 3.24. The number of para-hydroxylation sites is 1. The molecule has 0 N–H and O–H groups in total. The number of hydrogen-bond donors (Lipinski definition) is 0. The van der Waals surface area contributed by atoms with Crippen molar-refractivity contribution in [1.29, 1.82) is 0 Å². The van der Waals surface area contributed by atoms with E-state index in [1.165, 1.54) is 36.8 Å². The lowest BCUT2D eigenvalue weighted by Crippen LogP contribution is -1.99. The van der Waals surface area contributed by atoms with Crippen LogP contribution < -0.4 is 0 Å². The number of aliphatic imine (C=N–C) groups is 1. The molecule has 2 atom stereocenters. The molecule has 0 aromatic heterocycles. The predicted octanol–water partition coefficient (Wildman–Crippen LogP) is 6.23. The van der Waals surface area contributed by atoms with E-state index in [4.69, 9.17) is 12.2 Å². The van der Waals surface area contributed by atoms with E-state index in [0.717, 1.165) is 5.69 Å². The molecule has 0 aliphatic carbocycles. The Morgan fingerprint density at radius 3 is 1.89 bits per heavy atom. The maximum Gasteiger partial charge on any atom is 0.0808 e. The van der Waals surface area contributed by atoms with E-state index in [9.17, 15) is 0 Å². The van der Waals surface area contributed by atoms with E-state index in [-0.39, 0.29) is 0 Å². The van der Waals surface area contributed by atoms with Gasteiger partial charge >= 0.3 is 0 Å². The van der Waals surface area contributed by atoms with Gasteiger partial charge in [0.2, 0.25) is 0 Å². The van der Waals surface area contributed by atoms with E-state index in [2.05, 4.69) is 56.0 Å². The van der Waals surface area contributed by atoms with Crippen molar-refractivity contribution in [1.82, 2.24) is 0 Å². The minimum Gasteiger partial charge on any atom is -0.194 e. The van der Waals surface area contributed by atoms with Gasteiger partial charge in [0.25, 0.3) is 0 Å². The molecular formula is C17H25NS. The van der Waals surface area contributed by atoms with Crippen LogP contribution in [0.25, 0.3) is 0 Å². The number of benzene rings is 1. The number of rotatable bonds is 7. The van der Waals surface area contributed by atoms with Crippen molar-refractivity contribution in [3.8, 4) is 0 Å². The maximum absolute atomic E-state index is 4.84. The van der Waals surface area contributed by atoms with Crippen LogP contribution in [0.1, 0.15) is 76.3 Å². The van der Waals surface area contributed by atoms with Crippen molar-refractivity contribution < 1.29 is 0 Å². The van der Waals surface area contributed by atoms with Gasteiger partial charge in [-0.15, -0.1) is 0 Å². The van der Waals surface area contributed by atoms with Crippen molar-refractivity contribution in [3.63, 3.8) is 0 Å². The lowest BCUT2D eigenvalue weighted by atomic mass is 9.88. The first-order valence-corrected chi connectivity index (χ1v) is 7.77. The Bertz CT molecular complexity index is 416. The zero-order chi connectivity index (χ0) is 14.3. The SMILES string of the molecule is CCCC(C)c1cccc(C(C)CCC)c1N=C=S. The van der Waals surface area contributed by atoms with Crippen LogP contribution in [-0.2, 0) is 0 Å². The largest absolute Gasteiger partial charge is 0.194 e. The van der Waals surface area contributed by atoms with Crippen LogP contribution in [0.15, 0.2) is 23.2 Å². The maximum atomic E-state index is 4.84. The fourth-order valence-electron chi connectivity index (χ4n) is 2.73. The summed E-state index contributed by atoms with van der Waals surface area (Å²) in [6.07, 6.45) is 4.75. The summed E-state index contributed by atoms with van der Waals surface area (Å²) in [5, 5.41) is 2.57. The average molecular weight is 275 g/mol. The summed E-state index contributed by atoms with van der Waals surface area (Å²) in [7, 11) is 0. The third kappa shape index (κ3) is 4.26. The minimum atomic E-state index is 0.529. The van der Waals surface area contributed by atoms with Crippen molar-refractivity contribution in [3.05, 3.63) is 29.3 Å². The number of hydrogen-bond acceptors (Lipinski definition) is 2. The number of thiocarbonyl (C=S) groups is 1. The van der Waals surface area contributed by atoms with Gasteiger partial charge < -0.3 is 0 Å². The molecule has 0 aliphatic rings. The van der Waals surface area contributed by atoms with E-state index < -0.39 is 0 Å². The topological polar surface area (TPSA) is 12.4 Å². The molecule has 0 amide bonds. The standard InChI is InChI=1S/C17H25NS/c1-5-8-13(3)15-10-7-11-16(14(4)9-6-2)17(15)18-12-19/h7,10-11,13-14H,5-6,8-9H2,1-4H3. The summed E-state index contributed by atoms with van der Waals surface area (Å²) in [6, 6.07) is 6.54. The predicted molar refractivity (Wildman–Crippen MR) is 87.8 cm³/mol. The molecule has 0 saturated carbocycles. The minimum absolute atomic E-state index is 0.529. The molecule has 2 unspecified atom stereocenters. The molecule has 1 nitrogen and oxygen atoms in total. The highest BCUT2D eigenvalue weighted by atomic mass is 32.1. The summed E-state index contributed by atoms with van der Waals surface area (Å²) >= 11 is 4.84. The monoisotopic (exact) mass is 275 g/mol. The second-order valence-electron chi connectivity index (χ2n) is 5.37. The highest BCUT2D eigenvalue weighted by molar-refractivity contribution is 7.78. The van der Waals surface area contributed by atoms with Crippen molar-refractivity contribution in [2.24, 2.45) is 4.99 Å². The first-order chi connectivity index (χ1) is 9.15. The zero-order valence-electron chi connectivity index (χ0n) is 12.6. The summed E-state index contributed by atoms with van der Waals surface area (Å²) in [5.41, 5.74) is 3.71. The van der Waals surface area contributed by atoms with Gasteiger partial charge in [0.05, 0.1) is 10.8 Å². The average Bonchev–Trinajstić information content (AvgIpc) is 2.39. The van der Waals surface area contributed by atoms with E-state index in [1.807, 2.05) is 0 Å². The van der Waals surface area contributed by atoms with Gasteiger partial charge in [-0.05, 0) is 48.0 Å². The van der Waals surface area contributed by atoms with E-state index in [1.54, 1.807) is 0 Å². The van der Waals surface area contributed by atoms with Crippen molar-refractivity contribution in [2.75, 3.05) is 0 Å². The smallest absolute Gasteiger partial charge is 0.0808 e. The van der Waals surface area contributed by atoms with Crippen molar-refractivity contribution >= 4 is 23.1 Å². The Kier molecular flexibility index (Phi) is 6.97. The third-order valence-electron chi connectivity index (χ3n) is 3.76. The molecule has 104 valence electrons. The van der Waals surface area contributed by atoms with Crippen LogP contribution in [0.3, 0.4) is 0 Å². The van der Waals surface area contributed by atoms with E-state index in [0.29, 0.717) is 11.8 Å². The third-order valence-corrected chi connectivity index (χ3v) is 3.85. The second kappa shape index (κ2) is 8.24. The number of nitrogens with zero attached hydrogens (tertiary/aromatic N) is 1. The molecule has 1 aromatic carbocycles. The molecule has 1 rings (SSSR count). The van der Waals surface area contributed by atoms with Gasteiger partial charge in [-0.2, -0.15) is 4.99 Å². The molecule has 0 bridgehead atoms. The summed E-state index contributed by atoms with van der Waals surface area (Å²) in [4.78, 5) is 4.38. The van der Waals surface area contributed by atoms with Crippen molar-refractivity contribution in [2.45, 2.75) is 65.2 Å². The molecule has 0 aliphatic heterocycles. The molecule has 0 fully saturated rings. The molecule has 0 radical (unpaired) electrons. The van der Waals surface area contributed by atoms with Gasteiger partial charge in [-0.3, -0.25) is 0 Å². The normalized spacial score (nSPS) is 13.7. The van der Waals surface area contributed by atoms with Crippen LogP contribution in [0.2, 0.25) is 0 Å². The van der Waals surface area contributed by atoms with Crippen LogP contribution in [0.5, 0.6) is 0 Å². The number of isothiocyanates is 1. The Hall–Kier alpha value is -0.980. The van der Waals surface area contributed by atoms with Crippen LogP contribution >= 0.6 is 12.2 Å². The summed E-state index contributed by atoms with van der Waals surface area (Å²) in [5.74, 6) is 1.06.